The molecule has 0 spiro atoms. The van der Waals surface area contributed by atoms with Crippen LogP contribution in [-0.2, 0) is 12.8 Å². The van der Waals surface area contributed by atoms with Gasteiger partial charge in [-0.25, -0.2) is 9.97 Å². The van der Waals surface area contributed by atoms with E-state index in [0.717, 1.165) is 29.2 Å². The molecule has 1 atom stereocenters. The van der Waals surface area contributed by atoms with Crippen molar-refractivity contribution in [1.82, 2.24) is 9.97 Å². The molecule has 0 bridgehead atoms. The van der Waals surface area contributed by atoms with E-state index in [-0.39, 0.29) is 0 Å². The third kappa shape index (κ3) is 3.52. The fourth-order valence-electron chi connectivity index (χ4n) is 3.82. The van der Waals surface area contributed by atoms with E-state index in [2.05, 4.69) is 52.7 Å². The number of aryl methyl sites for hydroxylation is 1. The lowest BCUT2D eigenvalue weighted by Crippen LogP contribution is -2.28. The summed E-state index contributed by atoms with van der Waals surface area (Å²) in [5.41, 5.74) is 6.02. The van der Waals surface area contributed by atoms with Crippen LogP contribution in [0, 0.1) is 11.3 Å². The molecule has 4 nitrogen and oxygen atoms in total. The van der Waals surface area contributed by atoms with Crippen LogP contribution in [0.3, 0.4) is 0 Å². The molecule has 0 amide bonds. The van der Waals surface area contributed by atoms with Gasteiger partial charge in [0.25, 0.3) is 0 Å². The van der Waals surface area contributed by atoms with E-state index in [1.165, 1.54) is 33.5 Å². The van der Waals surface area contributed by atoms with Crippen molar-refractivity contribution in [3.8, 4) is 0 Å². The second-order valence-corrected chi connectivity index (χ2v) is 10.0. The summed E-state index contributed by atoms with van der Waals surface area (Å²) in [5.74, 6) is 1.54. The summed E-state index contributed by atoms with van der Waals surface area (Å²) >= 11 is 3.53. The Bertz CT molecular complexity index is 970. The molecule has 0 saturated carbocycles. The maximum absolute atomic E-state index is 4.59. The molecule has 0 aromatic carbocycles. The molecule has 3 heterocycles. The molecule has 1 N–H and O–H groups in total. The highest BCUT2D eigenvalue weighted by Crippen LogP contribution is 2.45. The quantitative estimate of drug-likeness (QED) is 0.415. The van der Waals surface area contributed by atoms with E-state index in [1.54, 1.807) is 17.7 Å². The molecule has 142 valence electrons. The first kappa shape index (κ1) is 18.6. The van der Waals surface area contributed by atoms with Gasteiger partial charge in [0.05, 0.1) is 11.1 Å². The molecule has 27 heavy (non-hydrogen) atoms. The Morgan fingerprint density at radius 2 is 2.22 bits per heavy atom. The van der Waals surface area contributed by atoms with Crippen LogP contribution in [0.25, 0.3) is 10.2 Å². The maximum atomic E-state index is 4.59. The number of hydrogen-bond donors (Lipinski definition) is 1. The van der Waals surface area contributed by atoms with Crippen molar-refractivity contribution in [2.45, 2.75) is 53.4 Å². The molecular formula is C21H26N4S2. The van der Waals surface area contributed by atoms with Gasteiger partial charge in [-0.05, 0) is 54.5 Å². The van der Waals surface area contributed by atoms with Crippen molar-refractivity contribution in [3.63, 3.8) is 0 Å². The molecule has 0 unspecified atom stereocenters. The van der Waals surface area contributed by atoms with Gasteiger partial charge in [0.15, 0.2) is 5.82 Å². The van der Waals surface area contributed by atoms with Gasteiger partial charge in [0.1, 0.15) is 11.2 Å². The molecule has 0 fully saturated rings. The van der Waals surface area contributed by atoms with E-state index in [4.69, 9.17) is 0 Å². The smallest absolute Gasteiger partial charge is 0.158 e. The molecule has 3 aromatic rings. The van der Waals surface area contributed by atoms with Gasteiger partial charge >= 0.3 is 0 Å². The van der Waals surface area contributed by atoms with Crippen molar-refractivity contribution in [3.05, 3.63) is 39.2 Å². The van der Waals surface area contributed by atoms with Gasteiger partial charge in [0.2, 0.25) is 0 Å². The van der Waals surface area contributed by atoms with Gasteiger partial charge in [-0.15, -0.1) is 22.7 Å². The number of nitrogens with zero attached hydrogens (tertiary/aromatic N) is 3. The van der Waals surface area contributed by atoms with Gasteiger partial charge in [-0.3, -0.25) is 5.43 Å². The highest BCUT2D eigenvalue weighted by Gasteiger charge is 2.33. The van der Waals surface area contributed by atoms with E-state index in [1.807, 2.05) is 24.3 Å². The minimum atomic E-state index is 0.364. The highest BCUT2D eigenvalue weighted by molar-refractivity contribution is 7.19. The third-order valence-electron chi connectivity index (χ3n) is 6.06. The van der Waals surface area contributed by atoms with E-state index >= 15 is 0 Å². The monoisotopic (exact) mass is 398 g/mol. The van der Waals surface area contributed by atoms with Gasteiger partial charge in [-0.2, -0.15) is 5.10 Å². The first-order valence-electron chi connectivity index (χ1n) is 9.59. The zero-order chi connectivity index (χ0) is 19.0. The number of nitrogens with one attached hydrogen (secondary N) is 1. The number of aromatic nitrogens is 2. The standard InChI is InChI=1S/C21H26N4S2/c1-5-21(3,4)14-8-9-17-15(11-14)18-19(22-12-23-20(18)27-17)25-24-13(2)16-7-6-10-26-16/h6-7,10,12,14H,5,8-9,11H2,1-4H3,(H,22,23,25)/b24-13-/t14-/m1/s1. The Morgan fingerprint density at radius 3 is 2.96 bits per heavy atom. The molecule has 1 aliphatic rings. The lowest BCUT2D eigenvalue weighted by molar-refractivity contribution is 0.184. The predicted octanol–water partition coefficient (Wildman–Crippen LogP) is 6.13. The van der Waals surface area contributed by atoms with E-state index in [0.29, 0.717) is 11.3 Å². The highest BCUT2D eigenvalue weighted by atomic mass is 32.1. The lowest BCUT2D eigenvalue weighted by atomic mass is 9.69. The van der Waals surface area contributed by atoms with Crippen LogP contribution in [0.4, 0.5) is 5.82 Å². The van der Waals surface area contributed by atoms with Gasteiger partial charge < -0.3 is 0 Å². The largest absolute Gasteiger partial charge is 0.260 e. The summed E-state index contributed by atoms with van der Waals surface area (Å²) in [6.45, 7) is 9.14. The van der Waals surface area contributed by atoms with Crippen LogP contribution in [0.1, 0.15) is 55.9 Å². The molecule has 3 aromatic heterocycles. The normalized spacial score (nSPS) is 17.9. The van der Waals surface area contributed by atoms with Crippen molar-refractivity contribution < 1.29 is 0 Å². The summed E-state index contributed by atoms with van der Waals surface area (Å²) in [4.78, 5) is 12.8. The van der Waals surface area contributed by atoms with Crippen LogP contribution in [0.15, 0.2) is 28.9 Å². The zero-order valence-electron chi connectivity index (χ0n) is 16.4. The van der Waals surface area contributed by atoms with Crippen LogP contribution in [0.2, 0.25) is 0 Å². The van der Waals surface area contributed by atoms with Crippen molar-refractivity contribution in [1.29, 1.82) is 0 Å². The number of hydrogen-bond acceptors (Lipinski definition) is 6. The Labute approximate surface area is 168 Å². The minimum Gasteiger partial charge on any atom is -0.260 e. The second-order valence-electron chi connectivity index (χ2n) is 7.97. The van der Waals surface area contributed by atoms with E-state index < -0.39 is 0 Å². The summed E-state index contributed by atoms with van der Waals surface area (Å²) in [6.07, 6.45) is 6.40. The second kappa shape index (κ2) is 7.32. The molecule has 0 saturated heterocycles. The molecule has 6 heteroatoms. The number of anilines is 1. The average molecular weight is 399 g/mol. The van der Waals surface area contributed by atoms with Gasteiger partial charge in [-0.1, -0.05) is 33.3 Å². The number of hydrazone groups is 1. The zero-order valence-corrected chi connectivity index (χ0v) is 18.0. The number of rotatable bonds is 5. The van der Waals surface area contributed by atoms with Crippen molar-refractivity contribution >= 4 is 44.4 Å². The average Bonchev–Trinajstić information content (AvgIpc) is 3.33. The SMILES string of the molecule is CCC(C)(C)[C@@H]1CCc2sc3ncnc(N/N=C(/C)c4cccs4)c3c2C1. The summed E-state index contributed by atoms with van der Waals surface area (Å²) in [7, 11) is 0. The molecule has 0 aliphatic heterocycles. The summed E-state index contributed by atoms with van der Waals surface area (Å²) < 4.78 is 0. The van der Waals surface area contributed by atoms with Crippen molar-refractivity contribution in [2.75, 3.05) is 5.43 Å². The molecular weight excluding hydrogens is 372 g/mol. The van der Waals surface area contributed by atoms with Crippen LogP contribution in [0.5, 0.6) is 0 Å². The Morgan fingerprint density at radius 1 is 1.37 bits per heavy atom. The molecule has 0 radical (unpaired) electrons. The molecule has 1 aliphatic carbocycles. The van der Waals surface area contributed by atoms with E-state index in [9.17, 15) is 0 Å². The Hall–Kier alpha value is -1.79. The number of thiophene rings is 2. The Balaban J connectivity index is 1.69. The summed E-state index contributed by atoms with van der Waals surface area (Å²) in [5, 5.41) is 7.84. The first-order chi connectivity index (χ1) is 13.0. The predicted molar refractivity (Wildman–Crippen MR) is 117 cm³/mol. The molecule has 4 rings (SSSR count). The third-order valence-corrected chi connectivity index (χ3v) is 8.24. The summed E-state index contributed by atoms with van der Waals surface area (Å²) in [6, 6.07) is 4.14. The van der Waals surface area contributed by atoms with Crippen LogP contribution >= 0.6 is 22.7 Å². The fourth-order valence-corrected chi connectivity index (χ4v) is 5.69. The maximum Gasteiger partial charge on any atom is 0.158 e. The van der Waals surface area contributed by atoms with Crippen LogP contribution < -0.4 is 5.43 Å². The van der Waals surface area contributed by atoms with Crippen LogP contribution in [-0.4, -0.2) is 15.7 Å². The van der Waals surface area contributed by atoms with Crippen molar-refractivity contribution in [2.24, 2.45) is 16.4 Å². The van der Waals surface area contributed by atoms with Gasteiger partial charge in [0, 0.05) is 9.75 Å². The fraction of sp³-hybridized carbons (Fsp3) is 0.476. The first-order valence-corrected chi connectivity index (χ1v) is 11.3. The lowest BCUT2D eigenvalue weighted by Gasteiger charge is -2.36. The topological polar surface area (TPSA) is 50.2 Å². The number of fused-ring (bicyclic) bond motifs is 3. The Kier molecular flexibility index (Phi) is 5.03. The minimum absolute atomic E-state index is 0.364.